The SMILES string of the molecule is C[C@H]1C=C2C=C[C@H](C)[C@H](CC[C@@H]3C[C@@H](O[Si](C)(C)C(C)(C)C)CC(=O)O3)[C@H]2[C@@H](OC(=O)[C@@H](C)CCOCP(=O)(O)Oc2ccccc2)C1. The first-order chi connectivity index (χ1) is 22.4. The number of para-hydroxylation sites is 1. The third kappa shape index (κ3) is 10.6. The molecule has 9 nitrogen and oxygen atoms in total. The number of allylic oxidation sites excluding steroid dienone is 3. The molecule has 9 atom stereocenters. The molecule has 268 valence electrons. The molecule has 4 rings (SSSR count). The van der Waals surface area contributed by atoms with Crippen molar-refractivity contribution in [1.82, 2.24) is 0 Å². The van der Waals surface area contributed by atoms with Crippen molar-refractivity contribution < 1.29 is 42.2 Å². The largest absolute Gasteiger partial charge is 0.462 e. The highest BCUT2D eigenvalue weighted by atomic mass is 31.2. The molecule has 0 spiro atoms. The minimum Gasteiger partial charge on any atom is -0.462 e. The molecule has 1 heterocycles. The average molecular weight is 705 g/mol. The Morgan fingerprint density at radius 2 is 1.83 bits per heavy atom. The van der Waals surface area contributed by atoms with Gasteiger partial charge in [0.15, 0.2) is 14.7 Å². The molecule has 11 heteroatoms. The molecule has 1 aliphatic heterocycles. The maximum absolute atomic E-state index is 13.4. The zero-order chi connectivity index (χ0) is 35.3. The van der Waals surface area contributed by atoms with Crippen LogP contribution in [-0.4, -0.2) is 56.4 Å². The van der Waals surface area contributed by atoms with Crippen LogP contribution in [-0.2, 0) is 32.8 Å². The van der Waals surface area contributed by atoms with Gasteiger partial charge >= 0.3 is 19.5 Å². The molecule has 0 aromatic heterocycles. The summed E-state index contributed by atoms with van der Waals surface area (Å²) in [6.07, 6.45) is 9.39. The van der Waals surface area contributed by atoms with Gasteiger partial charge in [0.25, 0.3) is 0 Å². The molecule has 1 saturated heterocycles. The van der Waals surface area contributed by atoms with Crippen LogP contribution in [0.25, 0.3) is 0 Å². The Balaban J connectivity index is 1.33. The van der Waals surface area contributed by atoms with Gasteiger partial charge in [-0.2, -0.15) is 0 Å². The third-order valence-electron chi connectivity index (χ3n) is 10.5. The normalized spacial score (nSPS) is 29.6. The molecule has 0 radical (unpaired) electrons. The van der Waals surface area contributed by atoms with Crippen molar-refractivity contribution in [1.29, 1.82) is 0 Å². The Hall–Kier alpha value is -2.23. The summed E-state index contributed by atoms with van der Waals surface area (Å²) in [4.78, 5) is 36.2. The van der Waals surface area contributed by atoms with E-state index in [1.165, 1.54) is 5.57 Å². The van der Waals surface area contributed by atoms with E-state index < -0.39 is 28.2 Å². The second-order valence-electron chi connectivity index (χ2n) is 15.7. The van der Waals surface area contributed by atoms with Gasteiger partial charge in [0.1, 0.15) is 18.0 Å². The highest BCUT2D eigenvalue weighted by Crippen LogP contribution is 2.46. The lowest BCUT2D eigenvalue weighted by atomic mass is 9.65. The van der Waals surface area contributed by atoms with E-state index in [2.05, 4.69) is 65.9 Å². The first-order valence-corrected chi connectivity index (χ1v) is 22.2. The number of carbonyl (C=O) groups excluding carboxylic acids is 2. The van der Waals surface area contributed by atoms with E-state index in [1.54, 1.807) is 37.3 Å². The zero-order valence-corrected chi connectivity index (χ0v) is 31.9. The number of esters is 2. The maximum atomic E-state index is 13.4. The summed E-state index contributed by atoms with van der Waals surface area (Å²) in [5.74, 6) is 0.199. The minimum atomic E-state index is -3.99. The second kappa shape index (κ2) is 16.2. The van der Waals surface area contributed by atoms with Crippen molar-refractivity contribution in [3.05, 3.63) is 54.1 Å². The summed E-state index contributed by atoms with van der Waals surface area (Å²) < 4.78 is 41.8. The predicted octanol–water partition coefficient (Wildman–Crippen LogP) is 8.44. The quantitative estimate of drug-likeness (QED) is 0.0881. The molecule has 1 aromatic carbocycles. The van der Waals surface area contributed by atoms with E-state index in [4.69, 9.17) is 23.2 Å². The van der Waals surface area contributed by atoms with E-state index in [9.17, 15) is 19.0 Å². The molecule has 1 unspecified atom stereocenters. The van der Waals surface area contributed by atoms with Crippen molar-refractivity contribution in [3.8, 4) is 5.75 Å². The van der Waals surface area contributed by atoms with Crippen LogP contribution in [0.5, 0.6) is 5.75 Å². The van der Waals surface area contributed by atoms with Crippen molar-refractivity contribution in [3.63, 3.8) is 0 Å². The minimum absolute atomic E-state index is 0.0579. The Bertz CT molecular complexity index is 1350. The molecular weight excluding hydrogens is 647 g/mol. The Morgan fingerprint density at radius 1 is 1.12 bits per heavy atom. The third-order valence-corrected chi connectivity index (χ3v) is 16.1. The molecular formula is C37H57O9PSi. The second-order valence-corrected chi connectivity index (χ2v) is 22.1. The highest BCUT2D eigenvalue weighted by Gasteiger charge is 2.44. The van der Waals surface area contributed by atoms with Crippen LogP contribution < -0.4 is 4.52 Å². The summed E-state index contributed by atoms with van der Waals surface area (Å²) in [5.41, 5.74) is 1.21. The van der Waals surface area contributed by atoms with Gasteiger partial charge < -0.3 is 28.1 Å². The molecule has 0 amide bonds. The van der Waals surface area contributed by atoms with Crippen LogP contribution in [0.1, 0.15) is 80.1 Å². The van der Waals surface area contributed by atoms with E-state index in [-0.39, 0.29) is 65.6 Å². The Morgan fingerprint density at radius 3 is 2.52 bits per heavy atom. The van der Waals surface area contributed by atoms with Crippen molar-refractivity contribution >= 4 is 27.9 Å². The van der Waals surface area contributed by atoms with Gasteiger partial charge in [-0.3, -0.25) is 9.59 Å². The molecule has 48 heavy (non-hydrogen) atoms. The topological polar surface area (TPSA) is 118 Å². The van der Waals surface area contributed by atoms with Crippen molar-refractivity contribution in [2.75, 3.05) is 13.0 Å². The summed E-state index contributed by atoms with van der Waals surface area (Å²) in [7, 11) is -6.01. The standard InChI is InChI=1S/C37H57O9PSi/c1-25-20-28-15-14-26(2)32(17-16-30-22-31(23-34(38)43-30)46-48(7,8)37(4,5)6)35(28)33(21-25)44-36(39)27(3)18-19-42-24-47(40,41)45-29-12-10-9-11-13-29/h9-15,20,25-27,30-33,35H,16-19,21-24H2,1-8H3,(H,40,41)/t25-,26-,27-,30+,31+,32-,33-,35-/m0/s1. The van der Waals surface area contributed by atoms with Crippen LogP contribution in [0.3, 0.4) is 0 Å². The number of benzene rings is 1. The summed E-state index contributed by atoms with van der Waals surface area (Å²) >= 11 is 0. The van der Waals surface area contributed by atoms with E-state index >= 15 is 0 Å². The van der Waals surface area contributed by atoms with E-state index in [0.29, 0.717) is 25.0 Å². The fourth-order valence-corrected chi connectivity index (χ4v) is 9.03. The van der Waals surface area contributed by atoms with Gasteiger partial charge in [0.05, 0.1) is 18.4 Å². The number of ether oxygens (including phenoxy) is 3. The number of cyclic esters (lactones) is 1. The Labute approximate surface area is 288 Å². The summed E-state index contributed by atoms with van der Waals surface area (Å²) in [6.45, 7) is 17.4. The summed E-state index contributed by atoms with van der Waals surface area (Å²) in [6, 6.07) is 8.44. The lowest BCUT2D eigenvalue weighted by Gasteiger charge is -2.44. The molecule has 1 N–H and O–H groups in total. The van der Waals surface area contributed by atoms with Crippen LogP contribution in [0.2, 0.25) is 18.1 Å². The molecule has 0 bridgehead atoms. The maximum Gasteiger partial charge on any atom is 0.402 e. The molecule has 1 aromatic rings. The summed E-state index contributed by atoms with van der Waals surface area (Å²) in [5, 5.41) is 0.0620. The molecule has 2 aliphatic carbocycles. The lowest BCUT2D eigenvalue weighted by Crippen LogP contribution is -2.47. The van der Waals surface area contributed by atoms with E-state index in [0.717, 1.165) is 19.3 Å². The van der Waals surface area contributed by atoms with Gasteiger partial charge in [-0.25, -0.2) is 4.57 Å². The van der Waals surface area contributed by atoms with Crippen LogP contribution in [0, 0.1) is 29.6 Å². The number of hydrogen-bond acceptors (Lipinski definition) is 8. The Kier molecular flexibility index (Phi) is 13.0. The fraction of sp³-hybridized carbons (Fsp3) is 0.676. The lowest BCUT2D eigenvalue weighted by molar-refractivity contribution is -0.162. The van der Waals surface area contributed by atoms with Crippen LogP contribution in [0.4, 0.5) is 0 Å². The van der Waals surface area contributed by atoms with Gasteiger partial charge in [-0.1, -0.05) is 78.0 Å². The van der Waals surface area contributed by atoms with Gasteiger partial charge in [-0.15, -0.1) is 0 Å². The monoisotopic (exact) mass is 704 g/mol. The number of rotatable bonds is 14. The van der Waals surface area contributed by atoms with Crippen molar-refractivity contribution in [2.24, 2.45) is 29.6 Å². The molecule has 1 fully saturated rings. The van der Waals surface area contributed by atoms with Crippen LogP contribution in [0.15, 0.2) is 54.1 Å². The fourth-order valence-electron chi connectivity index (χ4n) is 6.80. The number of hydrogen-bond donors (Lipinski definition) is 1. The van der Waals surface area contributed by atoms with Gasteiger partial charge in [0, 0.05) is 18.9 Å². The predicted molar refractivity (Wildman–Crippen MR) is 189 cm³/mol. The van der Waals surface area contributed by atoms with Crippen molar-refractivity contribution in [2.45, 2.75) is 117 Å². The first kappa shape index (κ1) is 38.6. The number of carbonyl (C=O) groups is 2. The van der Waals surface area contributed by atoms with Gasteiger partial charge in [0.2, 0.25) is 0 Å². The molecule has 0 saturated carbocycles. The molecule has 3 aliphatic rings. The first-order valence-electron chi connectivity index (χ1n) is 17.6. The van der Waals surface area contributed by atoms with Gasteiger partial charge in [-0.05, 0) is 79.3 Å². The highest BCUT2D eigenvalue weighted by molar-refractivity contribution is 7.53. The van der Waals surface area contributed by atoms with E-state index in [1.807, 2.05) is 0 Å². The average Bonchev–Trinajstić information content (AvgIpc) is 2.98. The smallest absolute Gasteiger partial charge is 0.402 e. The number of fused-ring (bicyclic) bond motifs is 1. The zero-order valence-electron chi connectivity index (χ0n) is 30.1. The van der Waals surface area contributed by atoms with Crippen LogP contribution >= 0.6 is 7.60 Å².